The number of ether oxygens (including phenoxy) is 2. The zero-order chi connectivity index (χ0) is 34.4. The van der Waals surface area contributed by atoms with Crippen molar-refractivity contribution >= 4 is 47.7 Å². The lowest BCUT2D eigenvalue weighted by Gasteiger charge is -2.56. The van der Waals surface area contributed by atoms with Crippen molar-refractivity contribution in [2.75, 3.05) is 26.2 Å². The summed E-state index contributed by atoms with van der Waals surface area (Å²) in [5, 5.41) is 19.0. The standard InChI is InChI=1S/C29H45N7O10/c1-28(2,3)45-26(43)33-25(34-27(44)46-29(4,5)6)32-14-19(37)30-11-12-31-20(38)15-35-18(13-21(39)40)23(41)36-17-9-7-16(8-10-17)22(36)24(35)42/h16-18,22H,7-15H2,1-6H3,(H,30,37)(H,31,38)(H,39,40)(H2,32,33,34,43,44)/t16?,17?,18-,22-/m0/s1. The molecule has 17 nitrogen and oxygen atoms in total. The van der Waals surface area contributed by atoms with Crippen LogP contribution in [-0.2, 0) is 33.4 Å². The van der Waals surface area contributed by atoms with E-state index in [9.17, 15) is 38.7 Å². The number of carbonyl (C=O) groups is 7. The number of hydrogen-bond donors (Lipinski definition) is 5. The maximum atomic E-state index is 13.5. The number of guanidine groups is 1. The van der Waals surface area contributed by atoms with Gasteiger partial charge in [0.05, 0.1) is 6.42 Å². The monoisotopic (exact) mass is 651 g/mol. The van der Waals surface area contributed by atoms with Crippen molar-refractivity contribution in [2.24, 2.45) is 10.9 Å². The molecule has 17 heteroatoms. The molecular weight excluding hydrogens is 606 g/mol. The molecule has 2 atom stereocenters. The van der Waals surface area contributed by atoms with E-state index in [-0.39, 0.29) is 31.0 Å². The first-order valence-corrected chi connectivity index (χ1v) is 15.3. The molecule has 1 aliphatic carbocycles. The van der Waals surface area contributed by atoms with Crippen molar-refractivity contribution in [1.82, 2.24) is 31.1 Å². The molecule has 0 radical (unpaired) electrons. The molecule has 0 spiro atoms. The number of piperidine rings is 2. The zero-order valence-corrected chi connectivity index (χ0v) is 27.1. The molecule has 0 aromatic carbocycles. The zero-order valence-electron chi connectivity index (χ0n) is 27.1. The molecule has 4 fully saturated rings. The van der Waals surface area contributed by atoms with Crippen LogP contribution in [0.2, 0.25) is 0 Å². The van der Waals surface area contributed by atoms with E-state index in [0.29, 0.717) is 0 Å². The van der Waals surface area contributed by atoms with Crippen LogP contribution >= 0.6 is 0 Å². The number of rotatable bonds is 9. The number of carboxylic acid groups (broad SMARTS) is 1. The third kappa shape index (κ3) is 10.3. The van der Waals surface area contributed by atoms with E-state index < -0.39 is 84.6 Å². The number of piperazine rings is 1. The van der Waals surface area contributed by atoms with Crippen LogP contribution < -0.4 is 21.3 Å². The van der Waals surface area contributed by atoms with Gasteiger partial charge in [-0.3, -0.25) is 34.6 Å². The van der Waals surface area contributed by atoms with Gasteiger partial charge in [0, 0.05) is 19.1 Å². The van der Waals surface area contributed by atoms with Gasteiger partial charge in [0.25, 0.3) is 0 Å². The van der Waals surface area contributed by atoms with Crippen LogP contribution in [0.3, 0.4) is 0 Å². The van der Waals surface area contributed by atoms with Crippen LogP contribution in [0.1, 0.15) is 73.6 Å². The molecule has 0 aromatic rings. The molecule has 4 aliphatic rings. The Bertz CT molecular complexity index is 1220. The molecule has 3 heterocycles. The maximum Gasteiger partial charge on any atom is 0.414 e. The second-order valence-corrected chi connectivity index (χ2v) is 13.5. The van der Waals surface area contributed by atoms with Crippen molar-refractivity contribution < 1.29 is 48.1 Å². The van der Waals surface area contributed by atoms with Crippen LogP contribution in [0, 0.1) is 5.92 Å². The Hall–Kier alpha value is -4.44. The highest BCUT2D eigenvalue weighted by Crippen LogP contribution is 2.43. The van der Waals surface area contributed by atoms with E-state index in [0.717, 1.165) is 30.6 Å². The molecule has 1 saturated carbocycles. The molecule has 256 valence electrons. The lowest BCUT2D eigenvalue weighted by molar-refractivity contribution is -0.177. The van der Waals surface area contributed by atoms with Crippen LogP contribution in [0.4, 0.5) is 9.59 Å². The second-order valence-electron chi connectivity index (χ2n) is 13.5. The van der Waals surface area contributed by atoms with E-state index in [2.05, 4.69) is 26.3 Å². The van der Waals surface area contributed by atoms with Gasteiger partial charge in [-0.25, -0.2) is 14.6 Å². The molecular formula is C29H45N7O10. The minimum Gasteiger partial charge on any atom is -0.481 e. The lowest BCUT2D eigenvalue weighted by Crippen LogP contribution is -2.72. The summed E-state index contributed by atoms with van der Waals surface area (Å²) in [4.78, 5) is 94.4. The topological polar surface area (TPSA) is 225 Å². The Morgan fingerprint density at radius 1 is 0.826 bits per heavy atom. The maximum absolute atomic E-state index is 13.5. The summed E-state index contributed by atoms with van der Waals surface area (Å²) in [6, 6.07) is -2.05. The first-order valence-electron chi connectivity index (χ1n) is 15.3. The van der Waals surface area contributed by atoms with E-state index in [1.54, 1.807) is 46.4 Å². The van der Waals surface area contributed by atoms with Gasteiger partial charge in [-0.2, -0.15) is 0 Å². The number of amides is 6. The fraction of sp³-hybridized carbons (Fsp3) is 0.724. The van der Waals surface area contributed by atoms with E-state index >= 15 is 0 Å². The van der Waals surface area contributed by atoms with Crippen molar-refractivity contribution in [3.63, 3.8) is 0 Å². The first kappa shape index (κ1) is 36.0. The third-order valence-electron chi connectivity index (χ3n) is 7.40. The molecule has 3 aliphatic heterocycles. The normalized spacial score (nSPS) is 22.3. The summed E-state index contributed by atoms with van der Waals surface area (Å²) >= 11 is 0. The van der Waals surface area contributed by atoms with Gasteiger partial charge < -0.3 is 35.0 Å². The van der Waals surface area contributed by atoms with Gasteiger partial charge >= 0.3 is 18.2 Å². The highest BCUT2D eigenvalue weighted by Gasteiger charge is 2.55. The number of carboxylic acids is 1. The van der Waals surface area contributed by atoms with Gasteiger partial charge in [-0.05, 0) is 73.1 Å². The number of alkyl carbamates (subject to hydrolysis) is 2. The van der Waals surface area contributed by atoms with Gasteiger partial charge in [-0.1, -0.05) is 0 Å². The fourth-order valence-corrected chi connectivity index (χ4v) is 5.70. The predicted octanol–water partition coefficient (Wildman–Crippen LogP) is 0.0793. The summed E-state index contributed by atoms with van der Waals surface area (Å²) in [7, 11) is 0. The SMILES string of the molecule is CC(C)(C)OC(=O)NC(=NCC(=O)NCCNC(=O)CN1C(=O)[C@@H]2C3CCC(CC3)N2C(=O)[C@@H]1CC(=O)O)NC(=O)OC(C)(C)C. The number of nitrogens with zero attached hydrogens (tertiary/aromatic N) is 3. The molecule has 2 bridgehead atoms. The Morgan fingerprint density at radius 2 is 1.35 bits per heavy atom. The fourth-order valence-electron chi connectivity index (χ4n) is 5.70. The summed E-state index contributed by atoms with van der Waals surface area (Å²) in [6.07, 6.45) is 0.699. The smallest absolute Gasteiger partial charge is 0.414 e. The van der Waals surface area contributed by atoms with Gasteiger partial charge in [0.15, 0.2) is 0 Å². The van der Waals surface area contributed by atoms with Gasteiger partial charge in [0.1, 0.15) is 36.4 Å². The number of aliphatic imine (C=N–C) groups is 1. The highest BCUT2D eigenvalue weighted by atomic mass is 16.6. The molecule has 5 N–H and O–H groups in total. The highest BCUT2D eigenvalue weighted by molar-refractivity contribution is 6.02. The van der Waals surface area contributed by atoms with Crippen molar-refractivity contribution in [1.29, 1.82) is 0 Å². The number of nitrogens with one attached hydrogen (secondary N) is 4. The minimum atomic E-state index is -1.28. The Morgan fingerprint density at radius 3 is 1.85 bits per heavy atom. The number of hydrogen-bond acceptors (Lipinski definition) is 10. The molecule has 46 heavy (non-hydrogen) atoms. The number of aliphatic carboxylic acids is 1. The Labute approximate surface area is 267 Å². The lowest BCUT2D eigenvalue weighted by atomic mass is 9.72. The minimum absolute atomic E-state index is 0.0187. The Balaban J connectivity index is 1.53. The molecule has 0 aromatic heterocycles. The predicted molar refractivity (Wildman–Crippen MR) is 161 cm³/mol. The average molecular weight is 652 g/mol. The second kappa shape index (κ2) is 14.8. The van der Waals surface area contributed by atoms with Gasteiger partial charge in [0.2, 0.25) is 29.6 Å². The molecule has 4 rings (SSSR count). The van der Waals surface area contributed by atoms with Crippen LogP contribution in [-0.4, -0.2) is 118 Å². The van der Waals surface area contributed by atoms with Crippen molar-refractivity contribution in [3.05, 3.63) is 0 Å². The van der Waals surface area contributed by atoms with Crippen molar-refractivity contribution in [2.45, 2.75) is 103 Å². The van der Waals surface area contributed by atoms with Crippen molar-refractivity contribution in [3.8, 4) is 0 Å². The first-order chi connectivity index (χ1) is 21.3. The van der Waals surface area contributed by atoms with Gasteiger partial charge in [-0.15, -0.1) is 0 Å². The number of carbonyl (C=O) groups excluding carboxylic acids is 6. The summed E-state index contributed by atoms with van der Waals surface area (Å²) in [5.41, 5.74) is -1.68. The summed E-state index contributed by atoms with van der Waals surface area (Å²) < 4.78 is 10.3. The van der Waals surface area contributed by atoms with Crippen LogP contribution in [0.5, 0.6) is 0 Å². The average Bonchev–Trinajstić information content (AvgIpc) is 2.92. The molecule has 0 unspecified atom stereocenters. The summed E-state index contributed by atoms with van der Waals surface area (Å²) in [6.45, 7) is 8.74. The third-order valence-corrected chi connectivity index (χ3v) is 7.40. The van der Waals surface area contributed by atoms with E-state index in [1.807, 2.05) is 0 Å². The quantitative estimate of drug-likeness (QED) is 0.128. The largest absolute Gasteiger partial charge is 0.481 e. The van der Waals surface area contributed by atoms with Crippen LogP contribution in [0.15, 0.2) is 4.99 Å². The molecule has 6 amide bonds. The van der Waals surface area contributed by atoms with Crippen LogP contribution in [0.25, 0.3) is 0 Å². The Kier molecular flexibility index (Phi) is 11.6. The number of fused-ring (bicyclic) bond motifs is 2. The van der Waals surface area contributed by atoms with E-state index in [4.69, 9.17) is 9.47 Å². The summed E-state index contributed by atoms with van der Waals surface area (Å²) in [5.74, 6) is -3.75. The van der Waals surface area contributed by atoms with E-state index in [1.165, 1.54) is 0 Å². The molecule has 3 saturated heterocycles.